The molecule has 4 aromatic rings. The third kappa shape index (κ3) is 2.32. The van der Waals surface area contributed by atoms with Crippen molar-refractivity contribution in [2.75, 3.05) is 0 Å². The van der Waals surface area contributed by atoms with Crippen LogP contribution in [0.15, 0.2) is 91.0 Å². The van der Waals surface area contributed by atoms with Crippen LogP contribution in [0, 0.1) is 0 Å². The van der Waals surface area contributed by atoms with E-state index in [-0.39, 0.29) is 0 Å². The van der Waals surface area contributed by atoms with Gasteiger partial charge in [0.05, 0.1) is 5.69 Å². The molecule has 0 aliphatic carbocycles. The average Bonchev–Trinajstić information content (AvgIpc) is 3.09. The standard InChI is InChI=1S/C24H19N/c1-3-9-18(10-4-1)22-17-23(20-12-5-2-6-13-20)25-16-15-19-11-7-8-14-21(19)24(22)25/h1-14,17H,15-16H2. The highest BCUT2D eigenvalue weighted by atomic mass is 15.0. The van der Waals surface area contributed by atoms with Gasteiger partial charge in [-0.1, -0.05) is 84.9 Å². The zero-order chi connectivity index (χ0) is 16.6. The topological polar surface area (TPSA) is 4.93 Å². The quantitative estimate of drug-likeness (QED) is 0.424. The third-order valence-corrected chi connectivity index (χ3v) is 5.13. The fraction of sp³-hybridized carbons (Fsp3) is 0.0833. The molecular weight excluding hydrogens is 302 g/mol. The molecule has 1 aliphatic heterocycles. The molecule has 0 bridgehead atoms. The Morgan fingerprint density at radius 2 is 1.24 bits per heavy atom. The molecule has 0 fully saturated rings. The molecule has 0 atom stereocenters. The zero-order valence-electron chi connectivity index (χ0n) is 14.0. The van der Waals surface area contributed by atoms with Crippen molar-refractivity contribution in [1.82, 2.24) is 4.57 Å². The van der Waals surface area contributed by atoms with Gasteiger partial charge in [0.1, 0.15) is 0 Å². The first-order valence-electron chi connectivity index (χ1n) is 8.84. The summed E-state index contributed by atoms with van der Waals surface area (Å²) in [6.07, 6.45) is 1.09. The Labute approximate surface area is 148 Å². The van der Waals surface area contributed by atoms with E-state index in [9.17, 15) is 0 Å². The van der Waals surface area contributed by atoms with Crippen molar-refractivity contribution in [1.29, 1.82) is 0 Å². The van der Waals surface area contributed by atoms with Crippen LogP contribution in [0.1, 0.15) is 5.56 Å². The lowest BCUT2D eigenvalue weighted by molar-refractivity contribution is 0.696. The molecule has 1 aliphatic rings. The van der Waals surface area contributed by atoms with Crippen molar-refractivity contribution in [2.24, 2.45) is 0 Å². The minimum absolute atomic E-state index is 1.03. The smallest absolute Gasteiger partial charge is 0.0567 e. The van der Waals surface area contributed by atoms with Crippen LogP contribution in [0.25, 0.3) is 33.6 Å². The lowest BCUT2D eigenvalue weighted by Crippen LogP contribution is -2.11. The molecular formula is C24H19N. The van der Waals surface area contributed by atoms with Crippen LogP contribution in [0.5, 0.6) is 0 Å². The van der Waals surface area contributed by atoms with Gasteiger partial charge >= 0.3 is 0 Å². The molecule has 0 unspecified atom stereocenters. The largest absolute Gasteiger partial charge is 0.340 e. The van der Waals surface area contributed by atoms with Gasteiger partial charge in [-0.05, 0) is 29.2 Å². The van der Waals surface area contributed by atoms with E-state index >= 15 is 0 Å². The Kier molecular flexibility index (Phi) is 3.31. The minimum Gasteiger partial charge on any atom is -0.340 e. The van der Waals surface area contributed by atoms with Crippen molar-refractivity contribution < 1.29 is 0 Å². The molecule has 3 aromatic carbocycles. The average molecular weight is 321 g/mol. The summed E-state index contributed by atoms with van der Waals surface area (Å²) in [6.45, 7) is 1.03. The summed E-state index contributed by atoms with van der Waals surface area (Å²) in [7, 11) is 0. The second-order valence-electron chi connectivity index (χ2n) is 6.58. The molecule has 5 rings (SSSR count). The van der Waals surface area contributed by atoms with E-state index in [0.29, 0.717) is 0 Å². The SMILES string of the molecule is c1ccc(-c2cc(-c3ccccc3)n3c2-c2ccccc2CC3)cc1. The van der Waals surface area contributed by atoms with E-state index in [4.69, 9.17) is 0 Å². The zero-order valence-corrected chi connectivity index (χ0v) is 14.0. The predicted molar refractivity (Wildman–Crippen MR) is 104 cm³/mol. The molecule has 120 valence electrons. The van der Waals surface area contributed by atoms with Crippen LogP contribution in [0.4, 0.5) is 0 Å². The van der Waals surface area contributed by atoms with Gasteiger partial charge in [-0.3, -0.25) is 0 Å². The molecule has 1 aromatic heterocycles. The van der Waals surface area contributed by atoms with Crippen molar-refractivity contribution in [3.05, 3.63) is 96.6 Å². The molecule has 0 spiro atoms. The Bertz CT molecular complexity index is 1030. The van der Waals surface area contributed by atoms with E-state index < -0.39 is 0 Å². The monoisotopic (exact) mass is 321 g/mol. The second kappa shape index (κ2) is 5.78. The van der Waals surface area contributed by atoms with Crippen molar-refractivity contribution in [3.8, 4) is 33.6 Å². The van der Waals surface area contributed by atoms with Gasteiger partial charge in [0.15, 0.2) is 0 Å². The van der Waals surface area contributed by atoms with Crippen LogP contribution < -0.4 is 0 Å². The van der Waals surface area contributed by atoms with Gasteiger partial charge in [-0.2, -0.15) is 0 Å². The number of hydrogen-bond acceptors (Lipinski definition) is 0. The number of benzene rings is 3. The van der Waals surface area contributed by atoms with Crippen LogP contribution >= 0.6 is 0 Å². The second-order valence-corrected chi connectivity index (χ2v) is 6.58. The van der Waals surface area contributed by atoms with Gasteiger partial charge in [-0.15, -0.1) is 0 Å². The highest BCUT2D eigenvalue weighted by Crippen LogP contribution is 2.42. The molecule has 2 heterocycles. The summed E-state index contributed by atoms with van der Waals surface area (Å²) >= 11 is 0. The predicted octanol–water partition coefficient (Wildman–Crippen LogP) is 6.05. The lowest BCUT2D eigenvalue weighted by atomic mass is 9.94. The van der Waals surface area contributed by atoms with Crippen molar-refractivity contribution in [3.63, 3.8) is 0 Å². The fourth-order valence-electron chi connectivity index (χ4n) is 3.96. The molecule has 1 nitrogen and oxygen atoms in total. The van der Waals surface area contributed by atoms with Gasteiger partial charge in [0.25, 0.3) is 0 Å². The Balaban J connectivity index is 1.82. The fourth-order valence-corrected chi connectivity index (χ4v) is 3.96. The minimum atomic E-state index is 1.03. The molecule has 25 heavy (non-hydrogen) atoms. The highest BCUT2D eigenvalue weighted by molar-refractivity contribution is 5.88. The molecule has 1 heteroatoms. The summed E-state index contributed by atoms with van der Waals surface area (Å²) in [4.78, 5) is 0. The third-order valence-electron chi connectivity index (χ3n) is 5.13. The molecule has 0 saturated heterocycles. The summed E-state index contributed by atoms with van der Waals surface area (Å²) in [6, 6.07) is 32.7. The first-order valence-corrected chi connectivity index (χ1v) is 8.84. The molecule has 0 radical (unpaired) electrons. The van der Waals surface area contributed by atoms with E-state index in [1.165, 1.54) is 39.2 Å². The van der Waals surface area contributed by atoms with Crippen LogP contribution in [-0.4, -0.2) is 4.57 Å². The Morgan fingerprint density at radius 1 is 0.600 bits per heavy atom. The Morgan fingerprint density at radius 3 is 2.00 bits per heavy atom. The summed E-state index contributed by atoms with van der Waals surface area (Å²) < 4.78 is 2.50. The maximum absolute atomic E-state index is 2.50. The normalized spacial score (nSPS) is 12.5. The Hall–Kier alpha value is -3.06. The van der Waals surface area contributed by atoms with Crippen molar-refractivity contribution in [2.45, 2.75) is 13.0 Å². The number of hydrogen-bond donors (Lipinski definition) is 0. The number of rotatable bonds is 2. The van der Waals surface area contributed by atoms with Crippen LogP contribution in [-0.2, 0) is 13.0 Å². The van der Waals surface area contributed by atoms with Crippen LogP contribution in [0.3, 0.4) is 0 Å². The van der Waals surface area contributed by atoms with E-state index in [2.05, 4.69) is 95.6 Å². The van der Waals surface area contributed by atoms with E-state index in [1.54, 1.807) is 0 Å². The summed E-state index contributed by atoms with van der Waals surface area (Å²) in [5.41, 5.74) is 9.37. The first kappa shape index (κ1) is 14.3. The van der Waals surface area contributed by atoms with E-state index in [0.717, 1.165) is 13.0 Å². The van der Waals surface area contributed by atoms with Gasteiger partial charge in [0.2, 0.25) is 0 Å². The van der Waals surface area contributed by atoms with Gasteiger partial charge in [0, 0.05) is 23.4 Å². The maximum Gasteiger partial charge on any atom is 0.0567 e. The summed E-state index contributed by atoms with van der Waals surface area (Å²) in [5, 5.41) is 0. The number of fused-ring (bicyclic) bond motifs is 3. The van der Waals surface area contributed by atoms with Gasteiger partial charge in [-0.25, -0.2) is 0 Å². The molecule has 0 N–H and O–H groups in total. The van der Waals surface area contributed by atoms with Gasteiger partial charge < -0.3 is 4.57 Å². The van der Waals surface area contributed by atoms with Crippen molar-refractivity contribution >= 4 is 0 Å². The number of aromatic nitrogens is 1. The maximum atomic E-state index is 2.50. The lowest BCUT2D eigenvalue weighted by Gasteiger charge is -2.22. The number of aryl methyl sites for hydroxylation is 1. The van der Waals surface area contributed by atoms with E-state index in [1.807, 2.05) is 0 Å². The highest BCUT2D eigenvalue weighted by Gasteiger charge is 2.23. The summed E-state index contributed by atoms with van der Waals surface area (Å²) in [5.74, 6) is 0. The molecule has 0 saturated carbocycles. The molecule has 0 amide bonds. The first-order chi connectivity index (χ1) is 12.4. The van der Waals surface area contributed by atoms with Crippen LogP contribution in [0.2, 0.25) is 0 Å². The number of nitrogens with zero attached hydrogens (tertiary/aromatic N) is 1.